The highest BCUT2D eigenvalue weighted by atomic mass is 32.2. The fourth-order valence-electron chi connectivity index (χ4n) is 3.05. The van der Waals surface area contributed by atoms with Crippen LogP contribution in [0.4, 0.5) is 0 Å². The van der Waals surface area contributed by atoms with Gasteiger partial charge < -0.3 is 5.73 Å². The van der Waals surface area contributed by atoms with Crippen molar-refractivity contribution in [2.75, 3.05) is 19.6 Å². The Kier molecular flexibility index (Phi) is 4.10. The van der Waals surface area contributed by atoms with Crippen LogP contribution in [0.15, 0.2) is 0 Å². The predicted molar refractivity (Wildman–Crippen MR) is 69.1 cm³/mol. The van der Waals surface area contributed by atoms with Gasteiger partial charge in [0.15, 0.2) is 0 Å². The van der Waals surface area contributed by atoms with Gasteiger partial charge in [-0.1, -0.05) is 19.8 Å². The lowest BCUT2D eigenvalue weighted by Gasteiger charge is -2.37. The van der Waals surface area contributed by atoms with E-state index in [0.717, 1.165) is 32.1 Å². The van der Waals surface area contributed by atoms with Gasteiger partial charge in [-0.3, -0.25) is 0 Å². The Morgan fingerprint density at radius 2 is 1.88 bits per heavy atom. The Morgan fingerprint density at radius 1 is 1.24 bits per heavy atom. The first-order valence-electron chi connectivity index (χ1n) is 6.74. The average molecular weight is 260 g/mol. The molecule has 0 spiro atoms. The fraction of sp³-hybridized carbons (Fsp3) is 1.00. The Hall–Kier alpha value is -0.130. The molecule has 0 amide bonds. The molecule has 2 atom stereocenters. The highest BCUT2D eigenvalue weighted by molar-refractivity contribution is 7.89. The third-order valence-electron chi connectivity index (χ3n) is 4.46. The van der Waals surface area contributed by atoms with Crippen LogP contribution >= 0.6 is 0 Å². The van der Waals surface area contributed by atoms with Crippen LogP contribution in [0.25, 0.3) is 0 Å². The Morgan fingerprint density at radius 3 is 2.47 bits per heavy atom. The number of rotatable bonds is 3. The Labute approximate surface area is 105 Å². The first kappa shape index (κ1) is 13.3. The summed E-state index contributed by atoms with van der Waals surface area (Å²) in [4.78, 5) is 0. The minimum absolute atomic E-state index is 0.116. The molecule has 0 aromatic heterocycles. The maximum atomic E-state index is 12.4. The van der Waals surface area contributed by atoms with Gasteiger partial charge in [-0.2, -0.15) is 0 Å². The van der Waals surface area contributed by atoms with Gasteiger partial charge in [0.05, 0.1) is 5.25 Å². The van der Waals surface area contributed by atoms with Gasteiger partial charge in [0.25, 0.3) is 0 Å². The van der Waals surface area contributed by atoms with Gasteiger partial charge in [-0.05, 0) is 37.6 Å². The molecule has 4 nitrogen and oxygen atoms in total. The number of piperidine rings is 1. The molecule has 1 heterocycles. The molecule has 1 saturated heterocycles. The Balaban J connectivity index is 2.06. The highest BCUT2D eigenvalue weighted by Crippen LogP contribution is 2.31. The summed E-state index contributed by atoms with van der Waals surface area (Å²) in [5.41, 5.74) is 5.73. The molecule has 2 fully saturated rings. The van der Waals surface area contributed by atoms with E-state index < -0.39 is 10.0 Å². The van der Waals surface area contributed by atoms with E-state index in [1.54, 1.807) is 4.31 Å². The average Bonchev–Trinajstić information content (AvgIpc) is 2.83. The van der Waals surface area contributed by atoms with Crippen molar-refractivity contribution in [2.24, 2.45) is 17.6 Å². The zero-order chi connectivity index (χ0) is 12.5. The van der Waals surface area contributed by atoms with E-state index >= 15 is 0 Å². The molecule has 0 radical (unpaired) electrons. The van der Waals surface area contributed by atoms with Gasteiger partial charge in [0.1, 0.15) is 0 Å². The zero-order valence-electron chi connectivity index (χ0n) is 10.6. The summed E-state index contributed by atoms with van der Waals surface area (Å²) in [6, 6.07) is 0. The van der Waals surface area contributed by atoms with Crippen LogP contribution in [0.1, 0.15) is 39.0 Å². The topological polar surface area (TPSA) is 63.4 Å². The number of sulfonamides is 1. The minimum atomic E-state index is -3.05. The van der Waals surface area contributed by atoms with Crippen molar-refractivity contribution in [3.63, 3.8) is 0 Å². The highest BCUT2D eigenvalue weighted by Gasteiger charge is 2.37. The van der Waals surface area contributed by atoms with Crippen LogP contribution in [0, 0.1) is 11.8 Å². The maximum absolute atomic E-state index is 12.4. The van der Waals surface area contributed by atoms with E-state index in [2.05, 4.69) is 6.92 Å². The molecule has 0 aromatic rings. The molecule has 2 N–H and O–H groups in total. The number of nitrogens with zero attached hydrogens (tertiary/aromatic N) is 1. The van der Waals surface area contributed by atoms with Crippen LogP contribution < -0.4 is 5.73 Å². The van der Waals surface area contributed by atoms with Crippen LogP contribution in [0.3, 0.4) is 0 Å². The zero-order valence-corrected chi connectivity index (χ0v) is 11.5. The molecule has 1 aliphatic carbocycles. The molecule has 2 unspecified atom stereocenters. The second-order valence-electron chi connectivity index (χ2n) is 5.57. The normalized spacial score (nSPS) is 33.1. The molecular formula is C12H24N2O2S. The lowest BCUT2D eigenvalue weighted by molar-refractivity contribution is 0.202. The summed E-state index contributed by atoms with van der Waals surface area (Å²) in [5.74, 6) is 0.884. The number of hydrogen-bond donors (Lipinski definition) is 1. The maximum Gasteiger partial charge on any atom is 0.216 e. The van der Waals surface area contributed by atoms with Crippen molar-refractivity contribution >= 4 is 10.0 Å². The lowest BCUT2D eigenvalue weighted by Crippen LogP contribution is -2.48. The smallest absolute Gasteiger partial charge is 0.216 e. The van der Waals surface area contributed by atoms with Crippen molar-refractivity contribution < 1.29 is 8.42 Å². The van der Waals surface area contributed by atoms with Crippen LogP contribution in [-0.4, -0.2) is 37.6 Å². The fourth-order valence-corrected chi connectivity index (χ4v) is 5.16. The van der Waals surface area contributed by atoms with Gasteiger partial charge in [-0.15, -0.1) is 0 Å². The van der Waals surface area contributed by atoms with Gasteiger partial charge in [0, 0.05) is 13.1 Å². The molecule has 100 valence electrons. The van der Waals surface area contributed by atoms with Crippen LogP contribution in [-0.2, 0) is 10.0 Å². The predicted octanol–water partition coefficient (Wildman–Crippen LogP) is 1.18. The van der Waals surface area contributed by atoms with Crippen molar-refractivity contribution in [3.05, 3.63) is 0 Å². The van der Waals surface area contributed by atoms with E-state index in [0.29, 0.717) is 31.5 Å². The molecule has 5 heteroatoms. The summed E-state index contributed by atoms with van der Waals surface area (Å²) in [7, 11) is -3.05. The summed E-state index contributed by atoms with van der Waals surface area (Å²) < 4.78 is 26.6. The third kappa shape index (κ3) is 2.66. The van der Waals surface area contributed by atoms with Crippen molar-refractivity contribution in [3.8, 4) is 0 Å². The molecule has 1 aliphatic heterocycles. The van der Waals surface area contributed by atoms with Crippen molar-refractivity contribution in [1.29, 1.82) is 0 Å². The first-order chi connectivity index (χ1) is 8.05. The molecule has 1 saturated carbocycles. The van der Waals surface area contributed by atoms with Gasteiger partial charge in [-0.25, -0.2) is 12.7 Å². The molecule has 0 bridgehead atoms. The SMILES string of the molecule is CC1CCN(S(=O)(=O)C2CCCC2)CC1CN. The first-order valence-corrected chi connectivity index (χ1v) is 8.25. The quantitative estimate of drug-likeness (QED) is 0.828. The monoisotopic (exact) mass is 260 g/mol. The van der Waals surface area contributed by atoms with E-state index in [1.807, 2.05) is 0 Å². The second-order valence-corrected chi connectivity index (χ2v) is 7.78. The molecule has 2 rings (SSSR count). The van der Waals surface area contributed by atoms with Crippen molar-refractivity contribution in [1.82, 2.24) is 4.31 Å². The summed E-state index contributed by atoms with van der Waals surface area (Å²) in [5, 5.41) is -0.116. The summed E-state index contributed by atoms with van der Waals surface area (Å²) in [6.45, 7) is 4.10. The van der Waals surface area contributed by atoms with Gasteiger partial charge >= 0.3 is 0 Å². The third-order valence-corrected chi connectivity index (χ3v) is 6.83. The summed E-state index contributed by atoms with van der Waals surface area (Å²) in [6.07, 6.45) is 4.78. The standard InChI is InChI=1S/C12H24N2O2S/c1-10-6-7-14(9-11(10)8-13)17(15,16)12-4-2-3-5-12/h10-12H,2-9,13H2,1H3. The molecule has 2 aliphatic rings. The molecular weight excluding hydrogens is 236 g/mol. The van der Waals surface area contributed by atoms with E-state index in [-0.39, 0.29) is 5.25 Å². The van der Waals surface area contributed by atoms with E-state index in [1.165, 1.54) is 0 Å². The van der Waals surface area contributed by atoms with Gasteiger partial charge in [0.2, 0.25) is 10.0 Å². The lowest BCUT2D eigenvalue weighted by atomic mass is 9.88. The van der Waals surface area contributed by atoms with E-state index in [9.17, 15) is 8.42 Å². The van der Waals surface area contributed by atoms with Crippen LogP contribution in [0.5, 0.6) is 0 Å². The minimum Gasteiger partial charge on any atom is -0.330 e. The van der Waals surface area contributed by atoms with Crippen LogP contribution in [0.2, 0.25) is 0 Å². The number of hydrogen-bond acceptors (Lipinski definition) is 3. The Bertz CT molecular complexity index is 350. The molecule has 17 heavy (non-hydrogen) atoms. The van der Waals surface area contributed by atoms with E-state index in [4.69, 9.17) is 5.73 Å². The molecule has 0 aromatic carbocycles. The number of nitrogens with two attached hydrogens (primary N) is 1. The van der Waals surface area contributed by atoms with Crippen molar-refractivity contribution in [2.45, 2.75) is 44.3 Å². The largest absolute Gasteiger partial charge is 0.330 e. The second kappa shape index (κ2) is 5.24. The summed E-state index contributed by atoms with van der Waals surface area (Å²) >= 11 is 0.